The minimum atomic E-state index is -4.81. The van der Waals surface area contributed by atoms with Crippen LogP contribution in [0, 0.1) is 17.5 Å². The number of carbonyl (C=O) groups is 2. The molecule has 2 aliphatic heterocycles. The van der Waals surface area contributed by atoms with E-state index in [0.29, 0.717) is 31.5 Å². The van der Waals surface area contributed by atoms with Crippen molar-refractivity contribution >= 4 is 24.2 Å². The largest absolute Gasteiger partial charge is 0.449 e. The van der Waals surface area contributed by atoms with Crippen molar-refractivity contribution in [3.63, 3.8) is 0 Å². The number of imidazole rings is 1. The maximum Gasteiger partial charge on any atom is 0.449 e. The zero-order chi connectivity index (χ0) is 27.1. The Kier molecular flexibility index (Phi) is 8.99. The van der Waals surface area contributed by atoms with Gasteiger partial charge in [-0.3, -0.25) is 9.59 Å². The smallest absolute Gasteiger partial charge is 0.336 e. The van der Waals surface area contributed by atoms with Crippen LogP contribution in [0.3, 0.4) is 0 Å². The van der Waals surface area contributed by atoms with Crippen LogP contribution in [0.1, 0.15) is 46.8 Å². The van der Waals surface area contributed by atoms with Gasteiger partial charge in [0.25, 0.3) is 5.91 Å². The normalized spacial score (nSPS) is 18.6. The summed E-state index contributed by atoms with van der Waals surface area (Å²) in [5.41, 5.74) is 11.2. The lowest BCUT2D eigenvalue weighted by Gasteiger charge is -2.32. The van der Waals surface area contributed by atoms with Gasteiger partial charge < -0.3 is 25.8 Å². The average Bonchev–Trinajstić information content (AvgIpc) is 3.21. The predicted octanol–water partition coefficient (Wildman–Crippen LogP) is 2.61. The van der Waals surface area contributed by atoms with Crippen LogP contribution in [0.15, 0.2) is 12.1 Å². The van der Waals surface area contributed by atoms with E-state index in [4.69, 9.17) is 11.5 Å². The van der Waals surface area contributed by atoms with Gasteiger partial charge in [-0.15, -0.1) is 12.4 Å². The van der Waals surface area contributed by atoms with Crippen LogP contribution < -0.4 is 11.5 Å². The number of hydrogen-bond acceptors (Lipinski definition) is 5. The molecular formula is C23H27ClF6N6O2. The molecule has 4 rings (SSSR count). The van der Waals surface area contributed by atoms with E-state index in [9.17, 15) is 35.9 Å². The van der Waals surface area contributed by atoms with Crippen molar-refractivity contribution in [2.45, 2.75) is 57.0 Å². The molecule has 3 heterocycles. The van der Waals surface area contributed by atoms with Crippen molar-refractivity contribution in [1.82, 2.24) is 19.4 Å². The predicted molar refractivity (Wildman–Crippen MR) is 126 cm³/mol. The van der Waals surface area contributed by atoms with E-state index in [-0.39, 0.29) is 74.4 Å². The highest BCUT2D eigenvalue weighted by Crippen LogP contribution is 2.33. The summed E-state index contributed by atoms with van der Waals surface area (Å²) in [6.07, 6.45) is -4.11. The van der Waals surface area contributed by atoms with Crippen molar-refractivity contribution in [2.75, 3.05) is 19.6 Å². The third-order valence-corrected chi connectivity index (χ3v) is 6.57. The summed E-state index contributed by atoms with van der Waals surface area (Å²) in [5, 5.41) is 0. The topological polar surface area (TPSA) is 110 Å². The lowest BCUT2D eigenvalue weighted by atomic mass is 10.0. The summed E-state index contributed by atoms with van der Waals surface area (Å²) < 4.78 is 82.5. The highest BCUT2D eigenvalue weighted by molar-refractivity contribution is 5.94. The van der Waals surface area contributed by atoms with E-state index in [0.717, 1.165) is 4.57 Å². The Hall–Kier alpha value is -2.84. The SMILES string of the molecule is Cl.N[C@@H]1CCCN(C(=O)c2nc(C(F)(F)F)n3c2CN(C(=O)C[C@H](N)Cc2cc(F)c(F)cc2F)CC3)C1. The molecule has 0 bridgehead atoms. The van der Waals surface area contributed by atoms with E-state index in [2.05, 4.69) is 4.98 Å². The Bertz CT molecular complexity index is 1210. The summed E-state index contributed by atoms with van der Waals surface area (Å²) >= 11 is 0. The summed E-state index contributed by atoms with van der Waals surface area (Å²) in [5.74, 6) is -6.07. The van der Waals surface area contributed by atoms with Crippen LogP contribution in [0.2, 0.25) is 0 Å². The Morgan fingerprint density at radius 3 is 2.39 bits per heavy atom. The minimum absolute atomic E-state index is 0. The van der Waals surface area contributed by atoms with Crippen molar-refractivity contribution in [1.29, 1.82) is 0 Å². The number of piperidine rings is 1. The molecule has 1 aromatic heterocycles. The minimum Gasteiger partial charge on any atom is -0.336 e. The molecule has 0 unspecified atom stereocenters. The van der Waals surface area contributed by atoms with Crippen LogP contribution in [-0.2, 0) is 30.5 Å². The molecule has 0 radical (unpaired) electrons. The van der Waals surface area contributed by atoms with Gasteiger partial charge in [-0.25, -0.2) is 18.2 Å². The molecule has 15 heteroatoms. The Morgan fingerprint density at radius 2 is 1.74 bits per heavy atom. The molecule has 1 saturated heterocycles. The molecule has 4 N–H and O–H groups in total. The Morgan fingerprint density at radius 1 is 1.05 bits per heavy atom. The van der Waals surface area contributed by atoms with Gasteiger partial charge >= 0.3 is 6.18 Å². The van der Waals surface area contributed by atoms with Gasteiger partial charge in [0.05, 0.1) is 12.2 Å². The molecule has 0 spiro atoms. The maximum absolute atomic E-state index is 13.9. The number of rotatable bonds is 5. The van der Waals surface area contributed by atoms with Gasteiger partial charge in [0.1, 0.15) is 5.82 Å². The zero-order valence-electron chi connectivity index (χ0n) is 20.1. The fourth-order valence-corrected chi connectivity index (χ4v) is 4.74. The molecule has 2 aliphatic rings. The molecule has 1 aromatic carbocycles. The molecule has 8 nitrogen and oxygen atoms in total. The first kappa shape index (κ1) is 29.7. The van der Waals surface area contributed by atoms with Crippen LogP contribution in [0.4, 0.5) is 26.3 Å². The molecule has 2 atom stereocenters. The van der Waals surface area contributed by atoms with Gasteiger partial charge in [-0.1, -0.05) is 0 Å². The number of benzene rings is 1. The fourth-order valence-electron chi connectivity index (χ4n) is 4.74. The van der Waals surface area contributed by atoms with Gasteiger partial charge in [-0.05, 0) is 30.9 Å². The first-order chi connectivity index (χ1) is 17.3. The maximum atomic E-state index is 13.9. The number of amides is 2. The van der Waals surface area contributed by atoms with Crippen molar-refractivity contribution in [2.24, 2.45) is 11.5 Å². The Balaban J connectivity index is 0.00000400. The lowest BCUT2D eigenvalue weighted by molar-refractivity contribution is -0.148. The highest BCUT2D eigenvalue weighted by atomic mass is 35.5. The van der Waals surface area contributed by atoms with E-state index in [1.165, 1.54) is 9.80 Å². The number of likely N-dealkylation sites (tertiary alicyclic amines) is 1. The van der Waals surface area contributed by atoms with Crippen molar-refractivity contribution in [3.8, 4) is 0 Å². The van der Waals surface area contributed by atoms with E-state index in [1.807, 2.05) is 0 Å². The van der Waals surface area contributed by atoms with Crippen LogP contribution in [-0.4, -0.2) is 62.9 Å². The highest BCUT2D eigenvalue weighted by Gasteiger charge is 2.42. The van der Waals surface area contributed by atoms with Crippen molar-refractivity contribution < 1.29 is 35.9 Å². The summed E-state index contributed by atoms with van der Waals surface area (Å²) in [6, 6.07) is -0.216. The molecule has 2 amide bonds. The third-order valence-electron chi connectivity index (χ3n) is 6.57. The number of halogens is 7. The number of hydrogen-bond donors (Lipinski definition) is 2. The second kappa shape index (κ2) is 11.5. The van der Waals surface area contributed by atoms with E-state index >= 15 is 0 Å². The molecule has 0 aliphatic carbocycles. The number of carbonyl (C=O) groups excluding carboxylic acids is 2. The number of fused-ring (bicyclic) bond motifs is 1. The first-order valence-electron chi connectivity index (χ1n) is 11.7. The number of nitrogens with zero attached hydrogens (tertiary/aromatic N) is 4. The molecule has 2 aromatic rings. The molecule has 210 valence electrons. The summed E-state index contributed by atoms with van der Waals surface area (Å²) in [7, 11) is 0. The van der Waals surface area contributed by atoms with Crippen LogP contribution >= 0.6 is 12.4 Å². The first-order valence-corrected chi connectivity index (χ1v) is 11.7. The fraction of sp³-hybridized carbons (Fsp3) is 0.522. The molecule has 0 saturated carbocycles. The third kappa shape index (κ3) is 6.24. The number of alkyl halides is 3. The Labute approximate surface area is 220 Å². The van der Waals surface area contributed by atoms with E-state index < -0.39 is 47.3 Å². The second-order valence-corrected chi connectivity index (χ2v) is 9.37. The molecular weight excluding hydrogens is 542 g/mol. The average molecular weight is 569 g/mol. The zero-order valence-corrected chi connectivity index (χ0v) is 20.9. The number of aromatic nitrogens is 2. The second-order valence-electron chi connectivity index (χ2n) is 9.37. The van der Waals surface area contributed by atoms with Crippen LogP contribution in [0.5, 0.6) is 0 Å². The van der Waals surface area contributed by atoms with Crippen molar-refractivity contribution in [3.05, 3.63) is 52.4 Å². The number of nitrogens with two attached hydrogens (primary N) is 2. The quantitative estimate of drug-likeness (QED) is 0.426. The molecule has 38 heavy (non-hydrogen) atoms. The summed E-state index contributed by atoms with van der Waals surface area (Å²) in [4.78, 5) is 32.3. The lowest BCUT2D eigenvalue weighted by Crippen LogP contribution is -2.46. The standard InChI is InChI=1S/C23H26F6N6O2.ClH/c24-15-9-17(26)16(25)7-12(15)6-14(31)8-19(36)33-4-5-35-18(11-33)20(32-22(35)23(27,28)29)21(37)34-3-1-2-13(30)10-34;/h7,9,13-14H,1-6,8,10-11,30-31H2;1H/t13-,14-;/m1./s1. The van der Waals surface area contributed by atoms with Gasteiger partial charge in [0, 0.05) is 50.7 Å². The van der Waals surface area contributed by atoms with Gasteiger partial charge in [0.2, 0.25) is 11.7 Å². The van der Waals surface area contributed by atoms with Gasteiger partial charge in [0.15, 0.2) is 17.3 Å². The van der Waals surface area contributed by atoms with E-state index in [1.54, 1.807) is 0 Å². The molecule has 1 fully saturated rings. The van der Waals surface area contributed by atoms with Gasteiger partial charge in [-0.2, -0.15) is 13.2 Å². The summed E-state index contributed by atoms with van der Waals surface area (Å²) in [6.45, 7) is -0.139. The van der Waals surface area contributed by atoms with Crippen LogP contribution in [0.25, 0.3) is 0 Å². The monoisotopic (exact) mass is 568 g/mol.